The molecule has 1 saturated carbocycles. The van der Waals surface area contributed by atoms with Crippen LogP contribution in [0.1, 0.15) is 36.5 Å². The lowest BCUT2D eigenvalue weighted by atomic mass is 10.1. The van der Waals surface area contributed by atoms with Crippen LogP contribution in [0.4, 0.5) is 0 Å². The second-order valence-electron chi connectivity index (χ2n) is 5.16. The van der Waals surface area contributed by atoms with Crippen molar-refractivity contribution in [3.05, 3.63) is 27.3 Å². The minimum atomic E-state index is -0.175. The third-order valence-electron chi connectivity index (χ3n) is 3.56. The zero-order chi connectivity index (χ0) is 13.1. The van der Waals surface area contributed by atoms with E-state index in [0.29, 0.717) is 18.0 Å². The van der Waals surface area contributed by atoms with E-state index in [-0.39, 0.29) is 11.7 Å². The highest BCUT2D eigenvalue weighted by molar-refractivity contribution is 14.1. The highest BCUT2D eigenvalue weighted by Crippen LogP contribution is 2.29. The third kappa shape index (κ3) is 3.37. The Bertz CT molecular complexity index is 447. The molecule has 0 spiro atoms. The molecular formula is C14H18INO2. The van der Waals surface area contributed by atoms with E-state index in [0.717, 1.165) is 9.49 Å². The molecule has 4 heteroatoms. The topological polar surface area (TPSA) is 49.3 Å². The molecule has 3 nitrogen and oxygen atoms in total. The molecule has 2 unspecified atom stereocenters. The molecule has 2 rings (SSSR count). The fourth-order valence-corrected chi connectivity index (χ4v) is 3.02. The molecule has 2 N–H and O–H groups in total. The second-order valence-corrected chi connectivity index (χ2v) is 6.40. The third-order valence-corrected chi connectivity index (χ3v) is 4.23. The van der Waals surface area contributed by atoms with Crippen molar-refractivity contribution in [3.8, 4) is 5.75 Å². The first-order valence-electron chi connectivity index (χ1n) is 6.33. The maximum Gasteiger partial charge on any atom is 0.255 e. The van der Waals surface area contributed by atoms with Crippen molar-refractivity contribution in [1.82, 2.24) is 5.32 Å². The highest BCUT2D eigenvalue weighted by Gasteiger charge is 2.22. The van der Waals surface area contributed by atoms with E-state index in [4.69, 9.17) is 0 Å². The molecule has 1 amide bonds. The predicted octanol–water partition coefficient (Wildman–Crippen LogP) is 3.16. The number of hydrogen-bond acceptors (Lipinski definition) is 2. The number of aromatic hydroxyl groups is 1. The van der Waals surface area contributed by atoms with Gasteiger partial charge in [0.1, 0.15) is 5.75 Å². The van der Waals surface area contributed by atoms with Gasteiger partial charge in [0.25, 0.3) is 5.91 Å². The Balaban J connectivity index is 1.93. The number of phenols is 1. The summed E-state index contributed by atoms with van der Waals surface area (Å²) in [4.78, 5) is 12.0. The summed E-state index contributed by atoms with van der Waals surface area (Å²) in [6.45, 7) is 2.97. The lowest BCUT2D eigenvalue weighted by Gasteiger charge is -2.12. The number of halogens is 1. The lowest BCUT2D eigenvalue weighted by Crippen LogP contribution is -2.28. The molecule has 1 aliphatic rings. The van der Waals surface area contributed by atoms with Crippen LogP contribution in [0.15, 0.2) is 18.2 Å². The number of carbonyl (C=O) groups excluding carboxylic acids is 1. The Morgan fingerprint density at radius 3 is 2.94 bits per heavy atom. The average Bonchev–Trinajstić information content (AvgIpc) is 2.75. The summed E-state index contributed by atoms with van der Waals surface area (Å²) < 4.78 is 0.949. The Labute approximate surface area is 121 Å². The zero-order valence-electron chi connectivity index (χ0n) is 10.4. The van der Waals surface area contributed by atoms with Gasteiger partial charge in [-0.25, -0.2) is 0 Å². The maximum atomic E-state index is 12.0. The minimum absolute atomic E-state index is 0.0488. The van der Waals surface area contributed by atoms with Crippen LogP contribution in [0.3, 0.4) is 0 Å². The summed E-state index contributed by atoms with van der Waals surface area (Å²) in [6, 6.07) is 5.06. The van der Waals surface area contributed by atoms with Crippen LogP contribution in [-0.4, -0.2) is 17.6 Å². The second kappa shape index (κ2) is 5.91. The van der Waals surface area contributed by atoms with Crippen molar-refractivity contribution >= 4 is 28.5 Å². The molecule has 1 aliphatic carbocycles. The number of phenolic OH excluding ortho intramolecular Hbond substituents is 1. The number of rotatable bonds is 3. The van der Waals surface area contributed by atoms with Gasteiger partial charge >= 0.3 is 0 Å². The van der Waals surface area contributed by atoms with Crippen LogP contribution >= 0.6 is 22.6 Å². The van der Waals surface area contributed by atoms with Gasteiger partial charge in [-0.15, -0.1) is 0 Å². The Hall–Kier alpha value is -0.780. The summed E-state index contributed by atoms with van der Waals surface area (Å²) in [5.41, 5.74) is 0.368. The first kappa shape index (κ1) is 13.6. The van der Waals surface area contributed by atoms with E-state index >= 15 is 0 Å². The molecule has 1 aromatic carbocycles. The van der Waals surface area contributed by atoms with E-state index < -0.39 is 0 Å². The quantitative estimate of drug-likeness (QED) is 0.815. The van der Waals surface area contributed by atoms with Gasteiger partial charge in [0.15, 0.2) is 0 Å². The molecule has 0 saturated heterocycles. The molecule has 1 aromatic rings. The van der Waals surface area contributed by atoms with Gasteiger partial charge in [-0.3, -0.25) is 4.79 Å². The summed E-state index contributed by atoms with van der Waals surface area (Å²) in [7, 11) is 0. The molecule has 18 heavy (non-hydrogen) atoms. The Morgan fingerprint density at radius 2 is 2.28 bits per heavy atom. The molecule has 98 valence electrons. The van der Waals surface area contributed by atoms with Gasteiger partial charge in [-0.1, -0.05) is 13.3 Å². The highest BCUT2D eigenvalue weighted by atomic mass is 127. The summed E-state index contributed by atoms with van der Waals surface area (Å²) in [6.07, 6.45) is 3.65. The van der Waals surface area contributed by atoms with E-state index in [1.54, 1.807) is 18.2 Å². The Morgan fingerprint density at radius 1 is 1.50 bits per heavy atom. The molecule has 0 radical (unpaired) electrons. The standard InChI is InChI=1S/C14H18INO2/c1-9-2-3-10(6-9)8-16-14(18)12-7-11(15)4-5-13(12)17/h4-5,7,9-10,17H,2-3,6,8H2,1H3,(H,16,18). The van der Waals surface area contributed by atoms with Crippen molar-refractivity contribution in [2.45, 2.75) is 26.2 Å². The SMILES string of the molecule is CC1CCC(CNC(=O)c2cc(I)ccc2O)C1. The molecular weight excluding hydrogens is 341 g/mol. The van der Waals surface area contributed by atoms with Crippen LogP contribution in [0.5, 0.6) is 5.75 Å². The van der Waals surface area contributed by atoms with Crippen LogP contribution in [0, 0.1) is 15.4 Å². The van der Waals surface area contributed by atoms with E-state index in [1.165, 1.54) is 19.3 Å². The van der Waals surface area contributed by atoms with Gasteiger partial charge in [0, 0.05) is 10.1 Å². The number of benzene rings is 1. The van der Waals surface area contributed by atoms with Crippen LogP contribution in [-0.2, 0) is 0 Å². The van der Waals surface area contributed by atoms with Gasteiger partial charge in [0.2, 0.25) is 0 Å². The number of nitrogens with one attached hydrogen (secondary N) is 1. The van der Waals surface area contributed by atoms with Crippen molar-refractivity contribution in [2.75, 3.05) is 6.54 Å². The van der Waals surface area contributed by atoms with Crippen LogP contribution in [0.25, 0.3) is 0 Å². The largest absolute Gasteiger partial charge is 0.507 e. The smallest absolute Gasteiger partial charge is 0.255 e. The Kier molecular flexibility index (Phi) is 4.48. The van der Waals surface area contributed by atoms with Crippen molar-refractivity contribution in [2.24, 2.45) is 11.8 Å². The predicted molar refractivity (Wildman–Crippen MR) is 79.7 cm³/mol. The maximum absolute atomic E-state index is 12.0. The summed E-state index contributed by atoms with van der Waals surface area (Å²) >= 11 is 2.13. The number of carbonyl (C=O) groups is 1. The molecule has 0 aliphatic heterocycles. The molecule has 2 atom stereocenters. The molecule has 0 heterocycles. The van der Waals surface area contributed by atoms with Gasteiger partial charge in [0.05, 0.1) is 5.56 Å². The van der Waals surface area contributed by atoms with Gasteiger partial charge in [-0.2, -0.15) is 0 Å². The van der Waals surface area contributed by atoms with Crippen LogP contribution in [0.2, 0.25) is 0 Å². The summed E-state index contributed by atoms with van der Waals surface area (Å²) in [5.74, 6) is 1.24. The van der Waals surface area contributed by atoms with Crippen LogP contribution < -0.4 is 5.32 Å². The van der Waals surface area contributed by atoms with E-state index in [1.807, 2.05) is 0 Å². The average molecular weight is 359 g/mol. The monoisotopic (exact) mass is 359 g/mol. The van der Waals surface area contributed by atoms with Crippen molar-refractivity contribution in [3.63, 3.8) is 0 Å². The van der Waals surface area contributed by atoms with E-state index in [9.17, 15) is 9.90 Å². The summed E-state index contributed by atoms with van der Waals surface area (Å²) in [5, 5.41) is 12.6. The fraction of sp³-hybridized carbons (Fsp3) is 0.500. The molecule has 0 bridgehead atoms. The first-order valence-corrected chi connectivity index (χ1v) is 7.41. The zero-order valence-corrected chi connectivity index (χ0v) is 12.6. The first-order chi connectivity index (χ1) is 8.56. The van der Waals surface area contributed by atoms with Crippen molar-refractivity contribution in [1.29, 1.82) is 0 Å². The van der Waals surface area contributed by atoms with Gasteiger partial charge < -0.3 is 10.4 Å². The fourth-order valence-electron chi connectivity index (χ4n) is 2.53. The normalized spacial score (nSPS) is 23.0. The number of amides is 1. The van der Waals surface area contributed by atoms with Crippen molar-refractivity contribution < 1.29 is 9.90 Å². The van der Waals surface area contributed by atoms with E-state index in [2.05, 4.69) is 34.8 Å². The minimum Gasteiger partial charge on any atom is -0.507 e. The molecule has 1 fully saturated rings. The van der Waals surface area contributed by atoms with Gasteiger partial charge in [-0.05, 0) is 65.5 Å². The number of hydrogen-bond donors (Lipinski definition) is 2. The molecule has 0 aromatic heterocycles. The lowest BCUT2D eigenvalue weighted by molar-refractivity contribution is 0.0944.